The zero-order valence-electron chi connectivity index (χ0n) is 15.1. The van der Waals surface area contributed by atoms with Gasteiger partial charge in [0.1, 0.15) is 30.3 Å². The maximum atomic E-state index is 14.9. The molecule has 1 amide bonds. The number of fused-ring (bicyclic) bond motifs is 3. The quantitative estimate of drug-likeness (QED) is 0.783. The van der Waals surface area contributed by atoms with Crippen LogP contribution in [0.3, 0.4) is 0 Å². The number of benzene rings is 1. The van der Waals surface area contributed by atoms with Crippen LogP contribution in [0.25, 0.3) is 0 Å². The van der Waals surface area contributed by atoms with Crippen molar-refractivity contribution in [2.45, 2.75) is 25.0 Å². The molecule has 0 N–H and O–H groups in total. The molecule has 0 bridgehead atoms. The van der Waals surface area contributed by atoms with Gasteiger partial charge in [-0.05, 0) is 12.8 Å². The predicted molar refractivity (Wildman–Crippen MR) is 102 cm³/mol. The maximum Gasteiger partial charge on any atom is 0.415 e. The first-order valence-electron chi connectivity index (χ1n) is 9.57. The van der Waals surface area contributed by atoms with E-state index in [0.717, 1.165) is 50.7 Å². The van der Waals surface area contributed by atoms with Gasteiger partial charge in [0.2, 0.25) is 0 Å². The van der Waals surface area contributed by atoms with Gasteiger partial charge in [-0.25, -0.2) is 9.18 Å². The minimum Gasteiger partial charge on any atom is -0.489 e. The zero-order chi connectivity index (χ0) is 18.4. The van der Waals surface area contributed by atoms with E-state index in [9.17, 15) is 9.18 Å². The molecule has 1 aromatic rings. The van der Waals surface area contributed by atoms with Gasteiger partial charge in [-0.1, -0.05) is 0 Å². The molecule has 4 aliphatic rings. The van der Waals surface area contributed by atoms with E-state index in [1.165, 1.54) is 6.07 Å². The number of nitrogens with zero attached hydrogens (tertiary/aromatic N) is 2. The Kier molecular flexibility index (Phi) is 4.55. The molecule has 5 rings (SSSR count). The number of halogens is 1. The highest BCUT2D eigenvalue weighted by Crippen LogP contribution is 2.43. The van der Waals surface area contributed by atoms with Crippen LogP contribution in [-0.4, -0.2) is 62.7 Å². The first-order chi connectivity index (χ1) is 13.2. The highest BCUT2D eigenvalue weighted by molar-refractivity contribution is 7.99. The Morgan fingerprint density at radius 1 is 1.11 bits per heavy atom. The van der Waals surface area contributed by atoms with Crippen molar-refractivity contribution in [1.29, 1.82) is 0 Å². The molecular formula is C19H23FN2O4S. The number of carbonyl (C=O) groups excluding carboxylic acids is 1. The van der Waals surface area contributed by atoms with Crippen LogP contribution in [0, 0.1) is 11.7 Å². The summed E-state index contributed by atoms with van der Waals surface area (Å²) in [7, 11) is 0. The highest BCUT2D eigenvalue weighted by atomic mass is 32.2. The molecule has 27 heavy (non-hydrogen) atoms. The standard InChI is InChI=1S/C19H23FN2O4S/c20-13-7-15-18(8-14(13)21-3-5-27-6-4-21)25-11-16-17(26-19(23)22(15)16)2-1-12-9-24-10-12/h7-8,12,16-17H,1-6,9-11H2/t16-,17-/m0/s1. The fourth-order valence-corrected chi connectivity index (χ4v) is 5.09. The lowest BCUT2D eigenvalue weighted by Crippen LogP contribution is -2.45. The van der Waals surface area contributed by atoms with Gasteiger partial charge in [-0.3, -0.25) is 4.90 Å². The van der Waals surface area contributed by atoms with Crippen LogP contribution in [0.15, 0.2) is 12.1 Å². The molecule has 4 aliphatic heterocycles. The molecule has 6 nitrogen and oxygen atoms in total. The van der Waals surface area contributed by atoms with Crippen LogP contribution in [0.5, 0.6) is 5.75 Å². The average Bonchev–Trinajstić information content (AvgIpc) is 2.97. The number of anilines is 2. The van der Waals surface area contributed by atoms with E-state index < -0.39 is 6.09 Å². The van der Waals surface area contributed by atoms with Crippen molar-refractivity contribution in [3.8, 4) is 5.75 Å². The molecule has 4 heterocycles. The molecule has 8 heteroatoms. The Morgan fingerprint density at radius 2 is 1.93 bits per heavy atom. The summed E-state index contributed by atoms with van der Waals surface area (Å²) in [5.74, 6) is 2.79. The monoisotopic (exact) mass is 394 g/mol. The Hall–Kier alpha value is -1.67. The van der Waals surface area contributed by atoms with Crippen molar-refractivity contribution in [3.05, 3.63) is 17.9 Å². The van der Waals surface area contributed by atoms with Crippen LogP contribution in [0.2, 0.25) is 0 Å². The molecule has 0 saturated carbocycles. The van der Waals surface area contributed by atoms with Gasteiger partial charge in [0.05, 0.1) is 24.6 Å². The second-order valence-electron chi connectivity index (χ2n) is 7.52. The summed E-state index contributed by atoms with van der Waals surface area (Å²) in [5, 5.41) is 0. The van der Waals surface area contributed by atoms with Crippen LogP contribution in [0.1, 0.15) is 12.8 Å². The van der Waals surface area contributed by atoms with Crippen LogP contribution in [0.4, 0.5) is 20.6 Å². The first kappa shape index (κ1) is 17.4. The number of hydrogen-bond acceptors (Lipinski definition) is 6. The normalized spacial score (nSPS) is 27.5. The fourth-order valence-electron chi connectivity index (χ4n) is 4.19. The SMILES string of the molecule is O=C1O[C@@H](CCC2COC2)[C@@H]2COc3cc(N4CCSCC4)c(F)cc3N12. The van der Waals surface area contributed by atoms with E-state index >= 15 is 0 Å². The van der Waals surface area contributed by atoms with Crippen molar-refractivity contribution in [3.63, 3.8) is 0 Å². The van der Waals surface area contributed by atoms with Gasteiger partial charge in [0.15, 0.2) is 0 Å². The third kappa shape index (κ3) is 3.12. The molecule has 0 aliphatic carbocycles. The minimum atomic E-state index is -0.402. The maximum absolute atomic E-state index is 14.9. The average molecular weight is 394 g/mol. The molecule has 0 radical (unpaired) electrons. The molecule has 146 valence electrons. The van der Waals surface area contributed by atoms with Gasteiger partial charge < -0.3 is 19.1 Å². The van der Waals surface area contributed by atoms with Gasteiger partial charge in [-0.2, -0.15) is 11.8 Å². The van der Waals surface area contributed by atoms with Crippen molar-refractivity contribution < 1.29 is 23.4 Å². The van der Waals surface area contributed by atoms with Crippen LogP contribution >= 0.6 is 11.8 Å². The summed E-state index contributed by atoms with van der Waals surface area (Å²) in [6.45, 7) is 3.60. The smallest absolute Gasteiger partial charge is 0.415 e. The summed E-state index contributed by atoms with van der Waals surface area (Å²) in [4.78, 5) is 16.1. The topological polar surface area (TPSA) is 51.2 Å². The van der Waals surface area contributed by atoms with Gasteiger partial charge in [0.25, 0.3) is 0 Å². The summed E-state index contributed by atoms with van der Waals surface area (Å²) < 4.78 is 31.6. The van der Waals surface area contributed by atoms with E-state index in [0.29, 0.717) is 29.6 Å². The van der Waals surface area contributed by atoms with Gasteiger partial charge in [-0.15, -0.1) is 0 Å². The Balaban J connectivity index is 1.37. The highest BCUT2D eigenvalue weighted by Gasteiger charge is 2.47. The lowest BCUT2D eigenvalue weighted by molar-refractivity contribution is -0.0407. The molecule has 0 unspecified atom stereocenters. The number of rotatable bonds is 4. The fraction of sp³-hybridized carbons (Fsp3) is 0.632. The summed E-state index contributed by atoms with van der Waals surface area (Å²) >= 11 is 1.88. The zero-order valence-corrected chi connectivity index (χ0v) is 15.9. The molecule has 3 fully saturated rings. The van der Waals surface area contributed by atoms with E-state index in [4.69, 9.17) is 14.2 Å². The minimum absolute atomic E-state index is 0.192. The largest absolute Gasteiger partial charge is 0.489 e. The summed E-state index contributed by atoms with van der Waals surface area (Å²) in [5.41, 5.74) is 1.04. The third-order valence-corrected chi connectivity index (χ3v) is 6.77. The molecule has 3 saturated heterocycles. The third-order valence-electron chi connectivity index (χ3n) is 5.83. The van der Waals surface area contributed by atoms with Crippen LogP contribution in [-0.2, 0) is 9.47 Å². The molecule has 1 aromatic carbocycles. The van der Waals surface area contributed by atoms with Crippen molar-refractivity contribution in [1.82, 2.24) is 0 Å². The first-order valence-corrected chi connectivity index (χ1v) is 10.7. The van der Waals surface area contributed by atoms with E-state index in [1.54, 1.807) is 11.0 Å². The number of amides is 1. The second-order valence-corrected chi connectivity index (χ2v) is 8.75. The number of hydrogen-bond donors (Lipinski definition) is 0. The van der Waals surface area contributed by atoms with Crippen molar-refractivity contribution in [2.75, 3.05) is 54.2 Å². The van der Waals surface area contributed by atoms with Crippen molar-refractivity contribution >= 4 is 29.2 Å². The molecule has 2 atom stereocenters. The Bertz CT molecular complexity index is 739. The van der Waals surface area contributed by atoms with E-state index in [2.05, 4.69) is 0 Å². The van der Waals surface area contributed by atoms with E-state index in [1.807, 2.05) is 16.7 Å². The van der Waals surface area contributed by atoms with Crippen molar-refractivity contribution in [2.24, 2.45) is 5.92 Å². The summed E-state index contributed by atoms with van der Waals surface area (Å²) in [6, 6.07) is 2.98. The number of ether oxygens (including phenoxy) is 3. The van der Waals surface area contributed by atoms with Gasteiger partial charge in [0, 0.05) is 42.6 Å². The molecular weight excluding hydrogens is 371 g/mol. The number of carbonyl (C=O) groups is 1. The molecule has 0 aromatic heterocycles. The van der Waals surface area contributed by atoms with E-state index in [-0.39, 0.29) is 18.0 Å². The number of thioether (sulfide) groups is 1. The van der Waals surface area contributed by atoms with Crippen LogP contribution < -0.4 is 14.5 Å². The lowest BCUT2D eigenvalue weighted by Gasteiger charge is -2.34. The molecule has 0 spiro atoms. The Labute approximate surface area is 161 Å². The summed E-state index contributed by atoms with van der Waals surface area (Å²) in [6.07, 6.45) is 1.13. The second kappa shape index (κ2) is 7.05. The predicted octanol–water partition coefficient (Wildman–Crippen LogP) is 2.89. The Morgan fingerprint density at radius 3 is 2.67 bits per heavy atom. The number of cyclic esters (lactones) is 1. The lowest BCUT2D eigenvalue weighted by atomic mass is 9.96. The van der Waals surface area contributed by atoms with Gasteiger partial charge >= 0.3 is 6.09 Å².